The first-order valence-corrected chi connectivity index (χ1v) is 3.85. The van der Waals surface area contributed by atoms with Crippen molar-refractivity contribution in [2.45, 2.75) is 13.3 Å². The summed E-state index contributed by atoms with van der Waals surface area (Å²) in [5.41, 5.74) is 4.09. The number of carbonyl (C=O) groups is 1. The van der Waals surface area contributed by atoms with Gasteiger partial charge < -0.3 is 10.8 Å². The van der Waals surface area contributed by atoms with Crippen LogP contribution in [0.3, 0.4) is 0 Å². The molecule has 3 N–H and O–H groups in total. The van der Waals surface area contributed by atoms with Crippen LogP contribution in [-0.2, 0) is 0 Å². The van der Waals surface area contributed by atoms with Crippen molar-refractivity contribution in [3.63, 3.8) is 0 Å². The van der Waals surface area contributed by atoms with Crippen molar-refractivity contribution in [2.24, 2.45) is 0 Å². The number of nitrogens with two attached hydrogens (primary N) is 1. The first-order valence-electron chi connectivity index (χ1n) is 3.85. The van der Waals surface area contributed by atoms with Crippen LogP contribution in [0.25, 0.3) is 0 Å². The van der Waals surface area contributed by atoms with Gasteiger partial charge in [-0.15, -0.1) is 0 Å². The lowest BCUT2D eigenvalue weighted by Gasteiger charge is -2.10. The molecule has 5 heteroatoms. The minimum Gasteiger partial charge on any atom is -0.507 e. The summed E-state index contributed by atoms with van der Waals surface area (Å²) in [6.07, 6.45) is -2.87. The van der Waals surface area contributed by atoms with E-state index in [1.165, 1.54) is 0 Å². The molecule has 0 atom stereocenters. The summed E-state index contributed by atoms with van der Waals surface area (Å²) in [5.74, 6) is -1.10. The summed E-state index contributed by atoms with van der Waals surface area (Å²) in [4.78, 5) is 11.0. The molecule has 76 valence electrons. The van der Waals surface area contributed by atoms with Gasteiger partial charge >= 0.3 is 0 Å². The van der Waals surface area contributed by atoms with Gasteiger partial charge in [0.1, 0.15) is 5.75 Å². The fraction of sp³-hybridized carbons (Fsp3) is 0.222. The number of anilines is 1. The van der Waals surface area contributed by atoms with Crippen LogP contribution in [0.15, 0.2) is 12.1 Å². The highest BCUT2D eigenvalue weighted by Crippen LogP contribution is 2.34. The summed E-state index contributed by atoms with van der Waals surface area (Å²) in [6.45, 7) is 1.10. The first-order chi connectivity index (χ1) is 6.45. The lowest BCUT2D eigenvalue weighted by atomic mass is 10.0. The Morgan fingerprint density at radius 3 is 2.43 bits per heavy atom. The van der Waals surface area contributed by atoms with Crippen LogP contribution in [0.4, 0.5) is 14.5 Å². The van der Waals surface area contributed by atoms with Crippen molar-refractivity contribution in [3.8, 4) is 5.75 Å². The largest absolute Gasteiger partial charge is 0.507 e. The number of ketones is 1. The zero-order chi connectivity index (χ0) is 10.9. The number of hydrogen-bond acceptors (Lipinski definition) is 3. The monoisotopic (exact) mass is 201 g/mol. The lowest BCUT2D eigenvalue weighted by Crippen LogP contribution is -2.04. The number of aromatic hydroxyl groups is 1. The van der Waals surface area contributed by atoms with Gasteiger partial charge in [0, 0.05) is 5.69 Å². The van der Waals surface area contributed by atoms with E-state index in [1.54, 1.807) is 0 Å². The Bertz CT molecular complexity index is 377. The van der Waals surface area contributed by atoms with Crippen molar-refractivity contribution in [2.75, 3.05) is 5.73 Å². The fourth-order valence-corrected chi connectivity index (χ4v) is 1.23. The van der Waals surface area contributed by atoms with Gasteiger partial charge in [0.05, 0.1) is 11.1 Å². The molecular formula is C9H9F2NO2. The van der Waals surface area contributed by atoms with Gasteiger partial charge in [0.15, 0.2) is 5.78 Å². The molecule has 1 rings (SSSR count). The molecule has 0 aromatic heterocycles. The van der Waals surface area contributed by atoms with Gasteiger partial charge in [-0.25, -0.2) is 8.78 Å². The van der Waals surface area contributed by atoms with E-state index in [1.807, 2.05) is 0 Å². The number of nitrogen functional groups attached to an aromatic ring is 1. The van der Waals surface area contributed by atoms with E-state index >= 15 is 0 Å². The lowest BCUT2D eigenvalue weighted by molar-refractivity contribution is 0.0996. The number of phenolic OH excluding ortho intramolecular Hbond substituents is 1. The topological polar surface area (TPSA) is 63.3 Å². The summed E-state index contributed by atoms with van der Waals surface area (Å²) in [7, 11) is 0. The van der Waals surface area contributed by atoms with Gasteiger partial charge in [0.2, 0.25) is 0 Å². The fourth-order valence-electron chi connectivity index (χ4n) is 1.23. The molecule has 3 nitrogen and oxygen atoms in total. The quantitative estimate of drug-likeness (QED) is 0.437. The molecule has 0 aliphatic rings. The number of rotatable bonds is 2. The second kappa shape index (κ2) is 3.61. The molecule has 0 bridgehead atoms. The van der Waals surface area contributed by atoms with Gasteiger partial charge in [-0.2, -0.15) is 0 Å². The van der Waals surface area contributed by atoms with E-state index in [9.17, 15) is 18.7 Å². The molecule has 0 fully saturated rings. The molecule has 0 heterocycles. The Morgan fingerprint density at radius 2 is 2.07 bits per heavy atom. The van der Waals surface area contributed by atoms with Crippen LogP contribution in [0.2, 0.25) is 0 Å². The highest BCUT2D eigenvalue weighted by atomic mass is 19.3. The molecule has 0 saturated heterocycles. The highest BCUT2D eigenvalue weighted by molar-refractivity contribution is 5.99. The third kappa shape index (κ3) is 1.66. The molecule has 0 saturated carbocycles. The predicted molar refractivity (Wildman–Crippen MR) is 47.5 cm³/mol. The molecule has 0 aliphatic heterocycles. The van der Waals surface area contributed by atoms with Crippen LogP contribution in [0.1, 0.15) is 29.3 Å². The number of Topliss-reactive ketones (excluding diaryl/α,β-unsaturated/α-hetero) is 1. The molecule has 0 amide bonds. The molecule has 0 spiro atoms. The third-order valence-electron chi connectivity index (χ3n) is 1.83. The van der Waals surface area contributed by atoms with Crippen molar-refractivity contribution in [1.82, 2.24) is 0 Å². The maximum Gasteiger partial charge on any atom is 0.266 e. The van der Waals surface area contributed by atoms with Crippen LogP contribution in [0, 0.1) is 0 Å². The van der Waals surface area contributed by atoms with Gasteiger partial charge in [-0.05, 0) is 19.1 Å². The maximum atomic E-state index is 12.5. The Hall–Kier alpha value is -1.65. The Kier molecular flexibility index (Phi) is 2.69. The van der Waals surface area contributed by atoms with E-state index in [0.29, 0.717) is 0 Å². The minimum atomic E-state index is -2.87. The van der Waals surface area contributed by atoms with Crippen molar-refractivity contribution in [1.29, 1.82) is 0 Å². The highest BCUT2D eigenvalue weighted by Gasteiger charge is 2.22. The predicted octanol–water partition coefficient (Wildman–Crippen LogP) is 2.11. The van der Waals surface area contributed by atoms with E-state index in [0.717, 1.165) is 19.1 Å². The molecule has 0 aliphatic carbocycles. The van der Waals surface area contributed by atoms with E-state index in [4.69, 9.17) is 5.73 Å². The smallest absolute Gasteiger partial charge is 0.266 e. The number of hydrogen-bond donors (Lipinski definition) is 2. The average molecular weight is 201 g/mol. The number of benzene rings is 1. The van der Waals surface area contributed by atoms with Crippen LogP contribution in [-0.4, -0.2) is 10.9 Å². The van der Waals surface area contributed by atoms with Crippen LogP contribution >= 0.6 is 0 Å². The number of phenols is 1. The number of halogens is 2. The molecule has 1 aromatic carbocycles. The molecule has 14 heavy (non-hydrogen) atoms. The standard InChI is InChI=1S/C9H9F2NO2/c1-4(13)7-6(14)3-2-5(12)8(7)9(10)11/h2-3,9,14H,12H2,1H3. The van der Waals surface area contributed by atoms with Gasteiger partial charge in [0.25, 0.3) is 6.43 Å². The Morgan fingerprint density at radius 1 is 1.50 bits per heavy atom. The molecule has 0 radical (unpaired) electrons. The summed E-state index contributed by atoms with van der Waals surface area (Å²) < 4.78 is 25.0. The van der Waals surface area contributed by atoms with E-state index < -0.39 is 29.1 Å². The summed E-state index contributed by atoms with van der Waals surface area (Å²) in [5, 5.41) is 9.23. The normalized spacial score (nSPS) is 10.6. The SMILES string of the molecule is CC(=O)c1c(O)ccc(N)c1C(F)F. The average Bonchev–Trinajstić information content (AvgIpc) is 2.07. The van der Waals surface area contributed by atoms with E-state index in [-0.39, 0.29) is 5.69 Å². The first kappa shape index (κ1) is 10.4. The van der Waals surface area contributed by atoms with Crippen molar-refractivity contribution < 1.29 is 18.7 Å². The summed E-state index contributed by atoms with van der Waals surface area (Å²) in [6, 6.07) is 2.27. The second-order valence-corrected chi connectivity index (χ2v) is 2.82. The number of alkyl halides is 2. The minimum absolute atomic E-state index is 0.192. The second-order valence-electron chi connectivity index (χ2n) is 2.82. The zero-order valence-electron chi connectivity index (χ0n) is 7.42. The third-order valence-corrected chi connectivity index (χ3v) is 1.83. The Labute approximate surface area is 79.2 Å². The Balaban J connectivity index is 3.50. The van der Waals surface area contributed by atoms with Gasteiger partial charge in [-0.1, -0.05) is 0 Å². The molecular weight excluding hydrogens is 192 g/mol. The molecule has 1 aromatic rings. The van der Waals surface area contributed by atoms with E-state index in [2.05, 4.69) is 0 Å². The van der Waals surface area contributed by atoms with Crippen LogP contribution in [0.5, 0.6) is 5.75 Å². The summed E-state index contributed by atoms with van der Waals surface area (Å²) >= 11 is 0. The zero-order valence-corrected chi connectivity index (χ0v) is 7.42. The molecule has 0 unspecified atom stereocenters. The van der Waals surface area contributed by atoms with Crippen molar-refractivity contribution >= 4 is 11.5 Å². The maximum absolute atomic E-state index is 12.5. The number of carbonyl (C=O) groups excluding carboxylic acids is 1. The van der Waals surface area contributed by atoms with Crippen molar-refractivity contribution in [3.05, 3.63) is 23.3 Å². The van der Waals surface area contributed by atoms with Gasteiger partial charge in [-0.3, -0.25) is 4.79 Å². The van der Waals surface area contributed by atoms with Crippen LogP contribution < -0.4 is 5.73 Å².